The second-order valence-corrected chi connectivity index (χ2v) is 4.88. The number of nitrogens with zero attached hydrogens (tertiary/aromatic N) is 3. The Labute approximate surface area is 106 Å². The maximum absolute atomic E-state index is 11.8. The summed E-state index contributed by atoms with van der Waals surface area (Å²) in [5, 5.41) is 0. The lowest BCUT2D eigenvalue weighted by Crippen LogP contribution is -2.41. The molecule has 2 heterocycles. The fourth-order valence-electron chi connectivity index (χ4n) is 2.51. The first-order valence-electron chi connectivity index (χ1n) is 6.24. The van der Waals surface area contributed by atoms with E-state index >= 15 is 0 Å². The molecule has 1 aromatic rings. The van der Waals surface area contributed by atoms with Gasteiger partial charge in [0, 0.05) is 45.0 Å². The molecule has 6 nitrogen and oxygen atoms in total. The van der Waals surface area contributed by atoms with Crippen molar-refractivity contribution in [1.29, 1.82) is 0 Å². The van der Waals surface area contributed by atoms with Gasteiger partial charge in [-0.1, -0.05) is 0 Å². The van der Waals surface area contributed by atoms with Gasteiger partial charge in [0.2, 0.25) is 0 Å². The van der Waals surface area contributed by atoms with Gasteiger partial charge in [-0.3, -0.25) is 18.8 Å². The van der Waals surface area contributed by atoms with E-state index in [0.717, 1.165) is 29.6 Å². The van der Waals surface area contributed by atoms with Gasteiger partial charge in [-0.2, -0.15) is 0 Å². The Morgan fingerprint density at radius 1 is 1.33 bits per heavy atom. The molecule has 0 amide bonds. The summed E-state index contributed by atoms with van der Waals surface area (Å²) in [6.07, 6.45) is 2.22. The summed E-state index contributed by atoms with van der Waals surface area (Å²) in [5.74, 6) is 0. The van der Waals surface area contributed by atoms with Gasteiger partial charge in [-0.25, -0.2) is 4.79 Å². The first-order chi connectivity index (χ1) is 8.54. The van der Waals surface area contributed by atoms with Crippen molar-refractivity contribution >= 4 is 0 Å². The van der Waals surface area contributed by atoms with Gasteiger partial charge in [0.1, 0.15) is 0 Å². The zero-order chi connectivity index (χ0) is 13.3. The van der Waals surface area contributed by atoms with Crippen LogP contribution in [0.1, 0.15) is 18.5 Å². The lowest BCUT2D eigenvalue weighted by molar-refractivity contribution is 0.243. The Bertz CT molecular complexity index is 546. The van der Waals surface area contributed by atoms with Crippen molar-refractivity contribution in [1.82, 2.24) is 14.0 Å². The lowest BCUT2D eigenvalue weighted by Gasteiger charge is -2.24. The Kier molecular flexibility index (Phi) is 3.68. The van der Waals surface area contributed by atoms with E-state index in [1.54, 1.807) is 7.05 Å². The van der Waals surface area contributed by atoms with Gasteiger partial charge < -0.3 is 5.73 Å². The molecule has 1 aliphatic rings. The van der Waals surface area contributed by atoms with E-state index in [-0.39, 0.29) is 11.2 Å². The van der Waals surface area contributed by atoms with E-state index in [4.69, 9.17) is 5.73 Å². The molecule has 0 aliphatic carbocycles. The third-order valence-corrected chi connectivity index (χ3v) is 3.76. The van der Waals surface area contributed by atoms with Crippen LogP contribution in [-0.2, 0) is 20.6 Å². The van der Waals surface area contributed by atoms with Gasteiger partial charge in [0.05, 0.1) is 0 Å². The molecule has 100 valence electrons. The summed E-state index contributed by atoms with van der Waals surface area (Å²) in [6.45, 7) is 2.22. The minimum Gasteiger partial charge on any atom is -0.329 e. The Balaban J connectivity index is 2.30. The van der Waals surface area contributed by atoms with E-state index in [1.165, 1.54) is 17.7 Å². The summed E-state index contributed by atoms with van der Waals surface area (Å²) >= 11 is 0. The fraction of sp³-hybridized carbons (Fsp3) is 0.667. The van der Waals surface area contributed by atoms with Crippen LogP contribution in [0.5, 0.6) is 0 Å². The molecule has 6 heteroatoms. The topological polar surface area (TPSA) is 73.3 Å². The molecule has 0 aromatic carbocycles. The smallest absolute Gasteiger partial charge is 0.329 e. The fourth-order valence-corrected chi connectivity index (χ4v) is 2.51. The Hall–Kier alpha value is -1.40. The molecule has 1 fully saturated rings. The summed E-state index contributed by atoms with van der Waals surface area (Å²) in [6, 6.07) is 1.90. The number of likely N-dealkylation sites (tertiary alicyclic amines) is 1. The van der Waals surface area contributed by atoms with E-state index in [1.807, 2.05) is 0 Å². The quantitative estimate of drug-likeness (QED) is 0.749. The molecular formula is C12H20N4O2. The molecule has 0 spiro atoms. The molecule has 2 rings (SSSR count). The van der Waals surface area contributed by atoms with Crippen molar-refractivity contribution in [2.24, 2.45) is 19.8 Å². The number of nitrogens with two attached hydrogens (primary N) is 1. The van der Waals surface area contributed by atoms with Crippen LogP contribution in [0.25, 0.3) is 0 Å². The highest BCUT2D eigenvalue weighted by Crippen LogP contribution is 2.18. The van der Waals surface area contributed by atoms with E-state index in [2.05, 4.69) is 4.90 Å². The first kappa shape index (κ1) is 13.0. The molecule has 0 bridgehead atoms. The van der Waals surface area contributed by atoms with Gasteiger partial charge >= 0.3 is 5.69 Å². The van der Waals surface area contributed by atoms with Crippen LogP contribution < -0.4 is 17.0 Å². The average Bonchev–Trinajstić information content (AvgIpc) is 2.80. The second-order valence-electron chi connectivity index (χ2n) is 4.88. The van der Waals surface area contributed by atoms with Crippen LogP contribution in [0.4, 0.5) is 0 Å². The lowest BCUT2D eigenvalue weighted by atomic mass is 10.2. The third-order valence-electron chi connectivity index (χ3n) is 3.76. The van der Waals surface area contributed by atoms with Gasteiger partial charge in [-0.15, -0.1) is 0 Å². The van der Waals surface area contributed by atoms with Crippen molar-refractivity contribution < 1.29 is 0 Å². The minimum absolute atomic E-state index is 0.253. The molecule has 2 N–H and O–H groups in total. The average molecular weight is 252 g/mol. The Morgan fingerprint density at radius 3 is 2.72 bits per heavy atom. The largest absolute Gasteiger partial charge is 0.330 e. The molecule has 0 saturated carbocycles. The van der Waals surface area contributed by atoms with Crippen molar-refractivity contribution in [2.75, 3.05) is 13.1 Å². The molecule has 1 unspecified atom stereocenters. The summed E-state index contributed by atoms with van der Waals surface area (Å²) < 4.78 is 2.65. The van der Waals surface area contributed by atoms with Crippen molar-refractivity contribution in [2.45, 2.75) is 25.4 Å². The van der Waals surface area contributed by atoms with Gasteiger partial charge in [-0.05, 0) is 19.4 Å². The second kappa shape index (κ2) is 5.07. The SMILES string of the molecule is Cn1c(CN2CCCC2CN)cc(=O)n(C)c1=O. The van der Waals surface area contributed by atoms with Gasteiger partial charge in [0.15, 0.2) is 0 Å². The highest BCUT2D eigenvalue weighted by molar-refractivity contribution is 5.03. The highest BCUT2D eigenvalue weighted by atomic mass is 16.2. The maximum atomic E-state index is 11.8. The van der Waals surface area contributed by atoms with Crippen LogP contribution in [0.2, 0.25) is 0 Å². The van der Waals surface area contributed by atoms with Crippen molar-refractivity contribution in [3.63, 3.8) is 0 Å². The number of hydrogen-bond acceptors (Lipinski definition) is 4. The summed E-state index contributed by atoms with van der Waals surface area (Å²) in [7, 11) is 3.19. The minimum atomic E-state index is -0.277. The Morgan fingerprint density at radius 2 is 2.06 bits per heavy atom. The normalized spacial score (nSPS) is 20.5. The van der Waals surface area contributed by atoms with Gasteiger partial charge in [0.25, 0.3) is 5.56 Å². The molecule has 1 aliphatic heterocycles. The molecular weight excluding hydrogens is 232 g/mol. The van der Waals surface area contributed by atoms with Crippen molar-refractivity contribution in [3.8, 4) is 0 Å². The maximum Gasteiger partial charge on any atom is 0.330 e. The molecule has 1 aromatic heterocycles. The first-order valence-corrected chi connectivity index (χ1v) is 6.24. The van der Waals surface area contributed by atoms with Crippen LogP contribution in [-0.4, -0.2) is 33.2 Å². The molecule has 1 atom stereocenters. The standard InChI is InChI=1S/C12H20N4O2/c1-14-10(6-11(17)15(2)12(14)18)8-16-5-3-4-9(16)7-13/h6,9H,3-5,7-8,13H2,1-2H3. The zero-order valence-electron chi connectivity index (χ0n) is 10.9. The predicted octanol–water partition coefficient (Wildman–Crippen LogP) is -0.993. The van der Waals surface area contributed by atoms with E-state index in [9.17, 15) is 9.59 Å². The van der Waals surface area contributed by atoms with Crippen LogP contribution in [0.15, 0.2) is 15.7 Å². The van der Waals surface area contributed by atoms with Crippen LogP contribution in [0, 0.1) is 0 Å². The number of aromatic nitrogens is 2. The predicted molar refractivity (Wildman–Crippen MR) is 69.4 cm³/mol. The van der Waals surface area contributed by atoms with Crippen LogP contribution >= 0.6 is 0 Å². The zero-order valence-corrected chi connectivity index (χ0v) is 10.9. The summed E-state index contributed by atoms with van der Waals surface area (Å²) in [4.78, 5) is 25.7. The number of rotatable bonds is 3. The molecule has 0 radical (unpaired) electrons. The van der Waals surface area contributed by atoms with Crippen molar-refractivity contribution in [3.05, 3.63) is 32.6 Å². The van der Waals surface area contributed by atoms with Crippen LogP contribution in [0.3, 0.4) is 0 Å². The van der Waals surface area contributed by atoms with E-state index < -0.39 is 0 Å². The highest BCUT2D eigenvalue weighted by Gasteiger charge is 2.24. The monoisotopic (exact) mass is 252 g/mol. The summed E-state index contributed by atoms with van der Waals surface area (Å²) in [5.41, 5.74) is 5.95. The number of hydrogen-bond donors (Lipinski definition) is 1. The van der Waals surface area contributed by atoms with E-state index in [0.29, 0.717) is 19.1 Å². The third kappa shape index (κ3) is 2.26. The molecule has 1 saturated heterocycles. The molecule has 18 heavy (non-hydrogen) atoms.